The Kier molecular flexibility index (Phi) is 5.78. The minimum absolute atomic E-state index is 0.0406. The van der Waals surface area contributed by atoms with Gasteiger partial charge in [0.1, 0.15) is 0 Å². The van der Waals surface area contributed by atoms with Crippen LogP contribution in [0.3, 0.4) is 0 Å². The zero-order chi connectivity index (χ0) is 17.8. The van der Waals surface area contributed by atoms with Crippen LogP contribution < -0.4 is 5.32 Å². The van der Waals surface area contributed by atoms with Gasteiger partial charge < -0.3 is 9.73 Å². The van der Waals surface area contributed by atoms with E-state index >= 15 is 0 Å². The van der Waals surface area contributed by atoms with Gasteiger partial charge in [0.2, 0.25) is 11.8 Å². The molecule has 5 nitrogen and oxygen atoms in total. The minimum atomic E-state index is -0.263. The van der Waals surface area contributed by atoms with Gasteiger partial charge in [-0.2, -0.15) is 0 Å². The number of nitrogens with one attached hydrogen (secondary N) is 1. The molecule has 1 N–H and O–H groups in total. The van der Waals surface area contributed by atoms with Gasteiger partial charge in [0, 0.05) is 11.6 Å². The maximum absolute atomic E-state index is 12.5. The fourth-order valence-electron chi connectivity index (χ4n) is 3.11. The van der Waals surface area contributed by atoms with Crippen LogP contribution in [0.25, 0.3) is 11.5 Å². The van der Waals surface area contributed by atoms with Crippen LogP contribution in [0.5, 0.6) is 0 Å². The Morgan fingerprint density at radius 1 is 1.24 bits per heavy atom. The lowest BCUT2D eigenvalue weighted by Gasteiger charge is -2.30. The first-order chi connectivity index (χ1) is 12.0. The Morgan fingerprint density at radius 2 is 1.96 bits per heavy atom. The molecule has 0 aliphatic heterocycles. The second kappa shape index (κ2) is 8.04. The maximum Gasteiger partial charge on any atom is 0.277 e. The second-order valence-electron chi connectivity index (χ2n) is 6.88. The minimum Gasteiger partial charge on any atom is -0.411 e. The van der Waals surface area contributed by atoms with Crippen molar-refractivity contribution in [1.29, 1.82) is 0 Å². The largest absolute Gasteiger partial charge is 0.411 e. The van der Waals surface area contributed by atoms with E-state index in [2.05, 4.69) is 22.4 Å². The van der Waals surface area contributed by atoms with E-state index in [-0.39, 0.29) is 17.2 Å². The van der Waals surface area contributed by atoms with Crippen molar-refractivity contribution >= 4 is 17.7 Å². The van der Waals surface area contributed by atoms with Gasteiger partial charge in [0.25, 0.3) is 5.22 Å². The van der Waals surface area contributed by atoms with Crippen molar-refractivity contribution < 1.29 is 9.21 Å². The van der Waals surface area contributed by atoms with Gasteiger partial charge in [-0.25, -0.2) is 0 Å². The third-order valence-corrected chi connectivity index (χ3v) is 5.73. The van der Waals surface area contributed by atoms with Crippen LogP contribution >= 0.6 is 11.8 Å². The van der Waals surface area contributed by atoms with Crippen molar-refractivity contribution in [1.82, 2.24) is 15.5 Å². The molecule has 1 heterocycles. The highest BCUT2D eigenvalue weighted by Crippen LogP contribution is 2.28. The standard InChI is InChI=1S/C19H25N3O2S/c1-12-8-10-15(11-9-12)18-21-22-19(24-18)25-14(3)17(23)20-16-7-5-4-6-13(16)2/h8-11,13-14,16H,4-7H2,1-3H3,(H,20,23)/t13-,14+,16-/m0/s1. The summed E-state index contributed by atoms with van der Waals surface area (Å²) in [6, 6.07) is 8.22. The van der Waals surface area contributed by atoms with Crippen molar-refractivity contribution in [2.24, 2.45) is 5.92 Å². The summed E-state index contributed by atoms with van der Waals surface area (Å²) in [5, 5.41) is 11.5. The molecule has 1 fully saturated rings. The molecule has 1 aliphatic carbocycles. The molecule has 1 aromatic heterocycles. The van der Waals surface area contributed by atoms with Crippen molar-refractivity contribution in [2.75, 3.05) is 0 Å². The number of hydrogen-bond donors (Lipinski definition) is 1. The summed E-state index contributed by atoms with van der Waals surface area (Å²) in [6.07, 6.45) is 4.72. The molecule has 134 valence electrons. The van der Waals surface area contributed by atoms with Crippen LogP contribution in [-0.4, -0.2) is 27.4 Å². The van der Waals surface area contributed by atoms with Crippen LogP contribution in [0.1, 0.15) is 45.1 Å². The molecule has 0 bridgehead atoms. The number of aromatic nitrogens is 2. The highest BCUT2D eigenvalue weighted by molar-refractivity contribution is 8.00. The first-order valence-corrected chi connectivity index (χ1v) is 9.78. The molecule has 1 aromatic carbocycles. The van der Waals surface area contributed by atoms with Crippen molar-refractivity contribution in [3.05, 3.63) is 29.8 Å². The summed E-state index contributed by atoms with van der Waals surface area (Å²) in [5.74, 6) is 1.07. The van der Waals surface area contributed by atoms with Crippen LogP contribution in [0.4, 0.5) is 0 Å². The lowest BCUT2D eigenvalue weighted by molar-refractivity contribution is -0.121. The molecular formula is C19H25N3O2S. The molecule has 6 heteroatoms. The smallest absolute Gasteiger partial charge is 0.277 e. The van der Waals surface area contributed by atoms with Crippen LogP contribution in [0.2, 0.25) is 0 Å². The lowest BCUT2D eigenvalue weighted by Crippen LogP contribution is -2.44. The molecule has 3 atom stereocenters. The topological polar surface area (TPSA) is 68.0 Å². The van der Waals surface area contributed by atoms with Gasteiger partial charge in [0.05, 0.1) is 5.25 Å². The van der Waals surface area contributed by atoms with Crippen LogP contribution in [-0.2, 0) is 4.79 Å². The van der Waals surface area contributed by atoms with Gasteiger partial charge in [-0.1, -0.05) is 49.2 Å². The van der Waals surface area contributed by atoms with E-state index in [1.807, 2.05) is 38.1 Å². The quantitative estimate of drug-likeness (QED) is 0.810. The molecular weight excluding hydrogens is 334 g/mol. The number of benzene rings is 1. The van der Waals surface area contributed by atoms with Gasteiger partial charge in [-0.3, -0.25) is 4.79 Å². The van der Waals surface area contributed by atoms with E-state index in [1.165, 1.54) is 36.6 Å². The normalized spacial score (nSPS) is 21.7. The highest BCUT2D eigenvalue weighted by atomic mass is 32.2. The van der Waals surface area contributed by atoms with Gasteiger partial charge >= 0.3 is 0 Å². The van der Waals surface area contributed by atoms with Gasteiger partial charge in [0.15, 0.2) is 0 Å². The van der Waals surface area contributed by atoms with E-state index in [0.29, 0.717) is 17.0 Å². The van der Waals surface area contributed by atoms with Gasteiger partial charge in [-0.05, 0) is 44.7 Å². The molecule has 1 aliphatic rings. The molecule has 1 amide bonds. The Morgan fingerprint density at radius 3 is 2.68 bits per heavy atom. The predicted octanol–water partition coefficient (Wildman–Crippen LogP) is 4.22. The molecule has 25 heavy (non-hydrogen) atoms. The third-order valence-electron chi connectivity index (χ3n) is 4.79. The number of aryl methyl sites for hydroxylation is 1. The monoisotopic (exact) mass is 359 g/mol. The SMILES string of the molecule is Cc1ccc(-c2nnc(S[C@H](C)C(=O)N[C@H]3CCCC[C@@H]3C)o2)cc1. The number of carbonyl (C=O) groups is 1. The van der Waals surface area contributed by atoms with Crippen LogP contribution in [0, 0.1) is 12.8 Å². The van der Waals surface area contributed by atoms with Gasteiger partial charge in [-0.15, -0.1) is 10.2 Å². The van der Waals surface area contributed by atoms with Crippen molar-refractivity contribution in [3.8, 4) is 11.5 Å². The third kappa shape index (κ3) is 4.63. The Labute approximate surface area is 153 Å². The lowest BCUT2D eigenvalue weighted by atomic mass is 9.86. The number of hydrogen-bond acceptors (Lipinski definition) is 5. The molecule has 0 radical (unpaired) electrons. The molecule has 0 spiro atoms. The summed E-state index contributed by atoms with van der Waals surface area (Å²) in [4.78, 5) is 12.5. The van der Waals surface area contributed by atoms with E-state index in [1.54, 1.807) is 0 Å². The fourth-order valence-corrected chi connectivity index (χ4v) is 3.80. The van der Waals surface area contributed by atoms with E-state index in [0.717, 1.165) is 12.0 Å². The second-order valence-corrected chi connectivity index (χ2v) is 8.17. The highest BCUT2D eigenvalue weighted by Gasteiger charge is 2.26. The number of thioether (sulfide) groups is 1. The predicted molar refractivity (Wildman–Crippen MR) is 99.4 cm³/mol. The molecule has 2 aromatic rings. The first-order valence-electron chi connectivity index (χ1n) is 8.90. The molecule has 0 saturated heterocycles. The Balaban J connectivity index is 1.58. The average molecular weight is 359 g/mol. The summed E-state index contributed by atoms with van der Waals surface area (Å²) < 4.78 is 5.70. The van der Waals surface area contributed by atoms with E-state index < -0.39 is 0 Å². The van der Waals surface area contributed by atoms with Crippen LogP contribution in [0.15, 0.2) is 33.9 Å². The summed E-state index contributed by atoms with van der Waals surface area (Å²) in [7, 11) is 0. The number of rotatable bonds is 5. The number of nitrogens with zero attached hydrogens (tertiary/aromatic N) is 2. The number of carbonyl (C=O) groups excluding carboxylic acids is 1. The summed E-state index contributed by atoms with van der Waals surface area (Å²) in [6.45, 7) is 6.13. The first kappa shape index (κ1) is 18.0. The summed E-state index contributed by atoms with van der Waals surface area (Å²) in [5.41, 5.74) is 2.07. The van der Waals surface area contributed by atoms with Crippen molar-refractivity contribution in [2.45, 2.75) is 63.0 Å². The van der Waals surface area contributed by atoms with E-state index in [9.17, 15) is 4.79 Å². The Bertz CT molecular complexity index is 714. The zero-order valence-corrected chi connectivity index (χ0v) is 15.8. The average Bonchev–Trinajstić information content (AvgIpc) is 3.06. The maximum atomic E-state index is 12.5. The summed E-state index contributed by atoms with van der Waals surface area (Å²) >= 11 is 1.31. The number of amides is 1. The Hall–Kier alpha value is -1.82. The molecule has 0 unspecified atom stereocenters. The van der Waals surface area contributed by atoms with Crippen molar-refractivity contribution in [3.63, 3.8) is 0 Å². The molecule has 3 rings (SSSR count). The van der Waals surface area contributed by atoms with E-state index in [4.69, 9.17) is 4.42 Å². The molecule has 1 saturated carbocycles. The fraction of sp³-hybridized carbons (Fsp3) is 0.526. The zero-order valence-electron chi connectivity index (χ0n) is 15.0.